The summed E-state index contributed by atoms with van der Waals surface area (Å²) in [5, 5.41) is 14.6. The zero-order valence-corrected chi connectivity index (χ0v) is 18.4. The molecule has 0 aliphatic carbocycles. The van der Waals surface area contributed by atoms with Gasteiger partial charge in [-0.1, -0.05) is 13.0 Å². The lowest BCUT2D eigenvalue weighted by Crippen LogP contribution is -2.39. The Morgan fingerprint density at radius 1 is 1.15 bits per heavy atom. The Morgan fingerprint density at radius 3 is 2.74 bits per heavy atom. The van der Waals surface area contributed by atoms with Crippen molar-refractivity contribution in [3.8, 4) is 0 Å². The first-order valence-corrected chi connectivity index (χ1v) is 9.29. The van der Waals surface area contributed by atoms with Crippen LogP contribution in [0.1, 0.15) is 32.5 Å². The van der Waals surface area contributed by atoms with Gasteiger partial charge in [-0.3, -0.25) is 9.79 Å². The lowest BCUT2D eigenvalue weighted by Gasteiger charge is -2.12. The molecule has 2 N–H and O–H groups in total. The molecule has 0 saturated heterocycles. The van der Waals surface area contributed by atoms with E-state index in [-0.39, 0.29) is 29.5 Å². The van der Waals surface area contributed by atoms with Gasteiger partial charge in [0.2, 0.25) is 5.56 Å². The largest absolute Gasteiger partial charge is 0.357 e. The normalized spacial score (nSPS) is 11.1. The molecule has 0 aliphatic rings. The van der Waals surface area contributed by atoms with E-state index in [1.165, 1.54) is 0 Å². The number of aromatic nitrogens is 4. The van der Waals surface area contributed by atoms with Crippen LogP contribution in [-0.4, -0.2) is 44.9 Å². The van der Waals surface area contributed by atoms with Crippen LogP contribution in [0.15, 0.2) is 40.5 Å². The van der Waals surface area contributed by atoms with Crippen LogP contribution in [0.5, 0.6) is 0 Å². The molecule has 150 valence electrons. The van der Waals surface area contributed by atoms with Gasteiger partial charge in [-0.2, -0.15) is 0 Å². The summed E-state index contributed by atoms with van der Waals surface area (Å²) in [5.41, 5.74) is 0.0476. The molecule has 0 aliphatic heterocycles. The van der Waals surface area contributed by atoms with Crippen molar-refractivity contribution in [3.63, 3.8) is 0 Å². The molecule has 0 radical (unpaired) electrons. The Bertz CT molecular complexity index is 741. The summed E-state index contributed by atoms with van der Waals surface area (Å²) in [6.07, 6.45) is 6.32. The van der Waals surface area contributed by atoms with Gasteiger partial charge in [0.15, 0.2) is 5.96 Å². The molecule has 0 aromatic carbocycles. The third-order valence-corrected chi connectivity index (χ3v) is 3.98. The van der Waals surface area contributed by atoms with Crippen LogP contribution >= 0.6 is 24.0 Å². The zero-order valence-electron chi connectivity index (χ0n) is 16.1. The van der Waals surface area contributed by atoms with Gasteiger partial charge < -0.3 is 19.8 Å². The molecule has 0 bridgehead atoms. The molecule has 2 rings (SSSR count). The average Bonchev–Trinajstić information content (AvgIpc) is 3.10. The summed E-state index contributed by atoms with van der Waals surface area (Å²) in [6.45, 7) is 7.96. The average molecular weight is 487 g/mol. The number of unbranched alkanes of at least 4 members (excludes halogenated alkanes) is 1. The van der Waals surface area contributed by atoms with Gasteiger partial charge in [-0.25, -0.2) is 0 Å². The van der Waals surface area contributed by atoms with Crippen LogP contribution in [0.3, 0.4) is 0 Å². The lowest BCUT2D eigenvalue weighted by atomic mass is 10.3. The second kappa shape index (κ2) is 13.3. The Hall–Kier alpha value is -1.91. The van der Waals surface area contributed by atoms with E-state index in [9.17, 15) is 4.79 Å². The van der Waals surface area contributed by atoms with Crippen molar-refractivity contribution in [2.24, 2.45) is 4.99 Å². The van der Waals surface area contributed by atoms with E-state index >= 15 is 0 Å². The molecular weight excluding hydrogens is 457 g/mol. The fraction of sp³-hybridized carbons (Fsp3) is 0.556. The summed E-state index contributed by atoms with van der Waals surface area (Å²) in [5.74, 6) is 1.81. The van der Waals surface area contributed by atoms with E-state index in [0.717, 1.165) is 63.8 Å². The maximum Gasteiger partial charge on any atom is 0.250 e. The number of halogens is 1. The molecular formula is C18H30IN7O. The van der Waals surface area contributed by atoms with Crippen molar-refractivity contribution in [2.45, 2.75) is 46.2 Å². The zero-order chi connectivity index (χ0) is 18.6. The van der Waals surface area contributed by atoms with Crippen LogP contribution in [0.4, 0.5) is 0 Å². The molecule has 2 heterocycles. The number of nitrogens with one attached hydrogen (secondary N) is 2. The van der Waals surface area contributed by atoms with E-state index in [1.807, 2.05) is 23.8 Å². The number of nitrogens with zero attached hydrogens (tertiary/aromatic N) is 5. The van der Waals surface area contributed by atoms with E-state index in [1.54, 1.807) is 23.0 Å². The highest BCUT2D eigenvalue weighted by Gasteiger charge is 2.02. The van der Waals surface area contributed by atoms with Crippen molar-refractivity contribution < 1.29 is 0 Å². The van der Waals surface area contributed by atoms with E-state index in [2.05, 4.69) is 32.7 Å². The molecule has 0 amide bonds. The van der Waals surface area contributed by atoms with Gasteiger partial charge in [0.1, 0.15) is 12.2 Å². The summed E-state index contributed by atoms with van der Waals surface area (Å²) in [7, 11) is 0. The third kappa shape index (κ3) is 8.10. The maximum atomic E-state index is 11.6. The number of guanidine groups is 1. The highest BCUT2D eigenvalue weighted by atomic mass is 127. The molecule has 0 unspecified atom stereocenters. The smallest absolute Gasteiger partial charge is 0.250 e. The van der Waals surface area contributed by atoms with Gasteiger partial charge in [-0.05, 0) is 25.8 Å². The summed E-state index contributed by atoms with van der Waals surface area (Å²) in [6, 6.07) is 5.23. The summed E-state index contributed by atoms with van der Waals surface area (Å²) >= 11 is 0. The number of rotatable bonds is 10. The number of hydrogen-bond acceptors (Lipinski definition) is 4. The molecule has 8 nitrogen and oxygen atoms in total. The highest BCUT2D eigenvalue weighted by Crippen LogP contribution is 1.96. The number of hydrogen-bond donors (Lipinski definition) is 2. The fourth-order valence-corrected chi connectivity index (χ4v) is 2.61. The monoisotopic (exact) mass is 487 g/mol. The predicted molar refractivity (Wildman–Crippen MR) is 119 cm³/mol. The van der Waals surface area contributed by atoms with Crippen molar-refractivity contribution in [3.05, 3.63) is 46.9 Å². The van der Waals surface area contributed by atoms with Crippen LogP contribution in [0.2, 0.25) is 0 Å². The van der Waals surface area contributed by atoms with Gasteiger partial charge in [0.05, 0.1) is 0 Å². The third-order valence-electron chi connectivity index (χ3n) is 3.98. The molecule has 0 saturated carbocycles. The van der Waals surface area contributed by atoms with Gasteiger partial charge >= 0.3 is 0 Å². The molecule has 9 heteroatoms. The second-order valence-corrected chi connectivity index (χ2v) is 5.92. The first-order valence-electron chi connectivity index (χ1n) is 9.29. The van der Waals surface area contributed by atoms with Crippen LogP contribution in [0.25, 0.3) is 0 Å². The Morgan fingerprint density at radius 2 is 2.00 bits per heavy atom. The summed E-state index contributed by atoms with van der Waals surface area (Å²) in [4.78, 5) is 16.2. The van der Waals surface area contributed by atoms with Gasteiger partial charge in [-0.15, -0.1) is 34.2 Å². The minimum atomic E-state index is 0. The molecule has 0 spiro atoms. The minimum absolute atomic E-state index is 0. The van der Waals surface area contributed by atoms with Crippen LogP contribution in [0, 0.1) is 0 Å². The van der Waals surface area contributed by atoms with Crippen molar-refractivity contribution in [1.29, 1.82) is 0 Å². The SMILES string of the molecule is CCNC(=NCCCCn1ccccc1=O)NCCn1cnnc1CC.I. The Kier molecular flexibility index (Phi) is 11.4. The van der Waals surface area contributed by atoms with Crippen molar-refractivity contribution in [1.82, 2.24) is 30.0 Å². The van der Waals surface area contributed by atoms with Gasteiger partial charge in [0.25, 0.3) is 0 Å². The standard InChI is InChI=1S/C18H29N7O.HI/c1-3-16-23-22-15-25(16)14-11-21-18(19-4-2)20-10-6-8-13-24-12-7-5-9-17(24)26;/h5,7,9,12,15H,3-4,6,8,10-11,13-14H2,1-2H3,(H2,19,20,21);1H. The lowest BCUT2D eigenvalue weighted by molar-refractivity contribution is 0.596. The van der Waals surface area contributed by atoms with E-state index in [0.29, 0.717) is 0 Å². The quantitative estimate of drug-likeness (QED) is 0.230. The van der Waals surface area contributed by atoms with Crippen LogP contribution < -0.4 is 16.2 Å². The summed E-state index contributed by atoms with van der Waals surface area (Å²) < 4.78 is 3.78. The van der Waals surface area contributed by atoms with E-state index in [4.69, 9.17) is 0 Å². The predicted octanol–water partition coefficient (Wildman–Crippen LogP) is 1.66. The topological polar surface area (TPSA) is 89.1 Å². The second-order valence-electron chi connectivity index (χ2n) is 5.92. The first-order chi connectivity index (χ1) is 12.7. The first kappa shape index (κ1) is 23.1. The number of aryl methyl sites for hydroxylation is 2. The number of pyridine rings is 1. The van der Waals surface area contributed by atoms with E-state index < -0.39 is 0 Å². The minimum Gasteiger partial charge on any atom is -0.357 e. The Labute approximate surface area is 177 Å². The van der Waals surface area contributed by atoms with Crippen LogP contribution in [-0.2, 0) is 19.5 Å². The maximum absolute atomic E-state index is 11.6. The molecule has 2 aromatic heterocycles. The Balaban J connectivity index is 0.00000364. The molecule has 0 fully saturated rings. The number of aliphatic imine (C=N–C) groups is 1. The molecule has 2 aromatic rings. The highest BCUT2D eigenvalue weighted by molar-refractivity contribution is 14.0. The van der Waals surface area contributed by atoms with Crippen molar-refractivity contribution in [2.75, 3.05) is 19.6 Å². The fourth-order valence-electron chi connectivity index (χ4n) is 2.61. The van der Waals surface area contributed by atoms with Crippen molar-refractivity contribution >= 4 is 29.9 Å². The molecule has 0 atom stereocenters. The molecule has 27 heavy (non-hydrogen) atoms. The van der Waals surface area contributed by atoms with Gasteiger partial charge in [0, 0.05) is 51.4 Å².